The zero-order chi connectivity index (χ0) is 17.1. The van der Waals surface area contributed by atoms with E-state index in [4.69, 9.17) is 16.3 Å². The highest BCUT2D eigenvalue weighted by Crippen LogP contribution is 2.30. The highest BCUT2D eigenvalue weighted by molar-refractivity contribution is 6.33. The van der Waals surface area contributed by atoms with Gasteiger partial charge < -0.3 is 15.4 Å². The third kappa shape index (κ3) is 3.41. The van der Waals surface area contributed by atoms with Crippen molar-refractivity contribution in [1.82, 2.24) is 9.97 Å². The molecule has 24 heavy (non-hydrogen) atoms. The first-order chi connectivity index (χ1) is 11.6. The van der Waals surface area contributed by atoms with Gasteiger partial charge in [0.15, 0.2) is 0 Å². The van der Waals surface area contributed by atoms with Crippen molar-refractivity contribution < 1.29 is 4.74 Å². The van der Waals surface area contributed by atoms with Crippen LogP contribution in [0.2, 0.25) is 5.02 Å². The number of aryl methyl sites for hydroxylation is 2. The third-order valence-electron chi connectivity index (χ3n) is 4.54. The Bertz CT molecular complexity index is 722. The Morgan fingerprint density at radius 3 is 3.00 bits per heavy atom. The summed E-state index contributed by atoms with van der Waals surface area (Å²) in [4.78, 5) is 8.50. The van der Waals surface area contributed by atoms with Gasteiger partial charge in [-0.25, -0.2) is 9.97 Å². The molecule has 0 saturated heterocycles. The van der Waals surface area contributed by atoms with E-state index in [1.54, 1.807) is 13.4 Å². The van der Waals surface area contributed by atoms with E-state index < -0.39 is 0 Å². The Balaban J connectivity index is 1.71. The van der Waals surface area contributed by atoms with Crippen LogP contribution >= 0.6 is 11.6 Å². The number of fused-ring (bicyclic) bond motifs is 1. The summed E-state index contributed by atoms with van der Waals surface area (Å²) in [6.45, 7) is 4.19. The predicted molar refractivity (Wildman–Crippen MR) is 98.2 cm³/mol. The minimum absolute atomic E-state index is 0.192. The smallest absolute Gasteiger partial charge is 0.148 e. The van der Waals surface area contributed by atoms with Gasteiger partial charge in [0.2, 0.25) is 0 Å². The van der Waals surface area contributed by atoms with Gasteiger partial charge in [-0.2, -0.15) is 0 Å². The lowest BCUT2D eigenvalue weighted by atomic mass is 9.94. The molecule has 3 rings (SSSR count). The Labute approximate surface area is 147 Å². The largest absolute Gasteiger partial charge is 0.497 e. The van der Waals surface area contributed by atoms with Crippen molar-refractivity contribution in [1.29, 1.82) is 0 Å². The molecule has 1 aliphatic rings. The summed E-state index contributed by atoms with van der Waals surface area (Å²) in [5.74, 6) is 1.61. The molecular weight excluding hydrogens is 324 g/mol. The second kappa shape index (κ2) is 7.26. The number of aromatic nitrogens is 2. The first kappa shape index (κ1) is 16.8. The van der Waals surface area contributed by atoms with E-state index in [-0.39, 0.29) is 6.04 Å². The van der Waals surface area contributed by atoms with Crippen LogP contribution in [0.4, 0.5) is 11.5 Å². The maximum absolute atomic E-state index is 6.38. The minimum atomic E-state index is 0.192. The zero-order valence-electron chi connectivity index (χ0n) is 14.3. The van der Waals surface area contributed by atoms with Crippen molar-refractivity contribution in [2.45, 2.75) is 45.2 Å². The Hall–Kier alpha value is -2.01. The number of nitrogens with zero attached hydrogens (tertiary/aromatic N) is 2. The van der Waals surface area contributed by atoms with Gasteiger partial charge in [0.05, 0.1) is 12.8 Å². The van der Waals surface area contributed by atoms with Gasteiger partial charge in [0.1, 0.15) is 22.9 Å². The van der Waals surface area contributed by atoms with Crippen LogP contribution in [0.1, 0.15) is 31.5 Å². The lowest BCUT2D eigenvalue weighted by Gasteiger charge is -2.32. The highest BCUT2D eigenvalue weighted by Gasteiger charge is 2.24. The van der Waals surface area contributed by atoms with Crippen LogP contribution in [0.5, 0.6) is 5.75 Å². The summed E-state index contributed by atoms with van der Waals surface area (Å²) < 4.78 is 5.30. The summed E-state index contributed by atoms with van der Waals surface area (Å²) in [6.07, 6.45) is 4.42. The van der Waals surface area contributed by atoms with Gasteiger partial charge in [-0.15, -0.1) is 0 Å². The highest BCUT2D eigenvalue weighted by atomic mass is 35.5. The predicted octanol–water partition coefficient (Wildman–Crippen LogP) is 3.93. The molecule has 128 valence electrons. The second-order valence-corrected chi connectivity index (χ2v) is 6.46. The van der Waals surface area contributed by atoms with Crippen molar-refractivity contribution in [2.75, 3.05) is 17.7 Å². The van der Waals surface area contributed by atoms with Crippen LogP contribution < -0.4 is 15.4 Å². The molecule has 2 N–H and O–H groups in total. The molecule has 2 heterocycles. The van der Waals surface area contributed by atoms with E-state index >= 15 is 0 Å². The van der Waals surface area contributed by atoms with Gasteiger partial charge in [-0.1, -0.05) is 18.5 Å². The molecule has 0 radical (unpaired) electrons. The van der Waals surface area contributed by atoms with Crippen LogP contribution in [0.15, 0.2) is 24.5 Å². The average Bonchev–Trinajstić information content (AvgIpc) is 2.62. The number of nitrogens with one attached hydrogen (secondary N) is 2. The lowest BCUT2D eigenvalue weighted by Crippen LogP contribution is -2.40. The fourth-order valence-electron chi connectivity index (χ4n) is 3.07. The number of hydrogen-bond donors (Lipinski definition) is 2. The molecule has 1 aromatic carbocycles. The summed E-state index contributed by atoms with van der Waals surface area (Å²) in [5.41, 5.74) is 3.34. The fourth-order valence-corrected chi connectivity index (χ4v) is 3.36. The number of ether oxygens (including phenoxy) is 1. The molecule has 2 aromatic rings. The number of methoxy groups -OCH3 is 1. The van der Waals surface area contributed by atoms with Crippen LogP contribution in [0, 0.1) is 0 Å². The number of anilines is 2. The monoisotopic (exact) mass is 346 g/mol. The summed E-state index contributed by atoms with van der Waals surface area (Å²) in [7, 11) is 1.70. The molecule has 6 heteroatoms. The zero-order valence-corrected chi connectivity index (χ0v) is 15.0. The molecule has 5 nitrogen and oxygen atoms in total. The third-order valence-corrected chi connectivity index (χ3v) is 4.94. The van der Waals surface area contributed by atoms with Crippen LogP contribution in [-0.2, 0) is 12.8 Å². The molecular formula is C18H23ClN4O. The Morgan fingerprint density at radius 2 is 2.25 bits per heavy atom. The van der Waals surface area contributed by atoms with Crippen LogP contribution in [0.3, 0.4) is 0 Å². The normalized spacial score (nSPS) is 17.6. The van der Waals surface area contributed by atoms with Gasteiger partial charge in [0, 0.05) is 17.8 Å². The number of hydrogen-bond acceptors (Lipinski definition) is 5. The molecule has 1 aromatic heterocycles. The van der Waals surface area contributed by atoms with Crippen molar-refractivity contribution in [3.8, 4) is 5.75 Å². The minimum Gasteiger partial charge on any atom is -0.497 e. The fraction of sp³-hybridized carbons (Fsp3) is 0.444. The lowest BCUT2D eigenvalue weighted by molar-refractivity contribution is 0.414. The quantitative estimate of drug-likeness (QED) is 0.859. The summed E-state index contributed by atoms with van der Waals surface area (Å²) in [6, 6.07) is 6.67. The molecule has 2 unspecified atom stereocenters. The van der Waals surface area contributed by atoms with Gasteiger partial charge in [0.25, 0.3) is 0 Å². The first-order valence-electron chi connectivity index (χ1n) is 8.31. The first-order valence-corrected chi connectivity index (χ1v) is 8.69. The molecule has 1 aliphatic heterocycles. The van der Waals surface area contributed by atoms with Gasteiger partial charge in [-0.05, 0) is 49.9 Å². The average molecular weight is 347 g/mol. The number of halogens is 1. The summed E-state index contributed by atoms with van der Waals surface area (Å²) in [5, 5.41) is 7.67. The van der Waals surface area contributed by atoms with Crippen molar-refractivity contribution >= 4 is 23.1 Å². The molecule has 0 saturated carbocycles. The standard InChI is InChI=1S/C18H23ClN4O/c1-4-14-17(19)18(21-10-20-14)22-11(2)15-7-5-12-9-13(24-3)6-8-16(12)23-15/h6,8-11,15,23H,4-5,7H2,1-3H3,(H,20,21,22). The van der Waals surface area contributed by atoms with E-state index in [1.165, 1.54) is 11.3 Å². The van der Waals surface area contributed by atoms with E-state index in [9.17, 15) is 0 Å². The Morgan fingerprint density at radius 1 is 1.42 bits per heavy atom. The van der Waals surface area contributed by atoms with Gasteiger partial charge in [-0.3, -0.25) is 0 Å². The molecule has 0 spiro atoms. The topological polar surface area (TPSA) is 59.1 Å². The molecule has 0 bridgehead atoms. The van der Waals surface area contributed by atoms with Crippen molar-refractivity contribution in [2.24, 2.45) is 0 Å². The summed E-state index contributed by atoms with van der Waals surface area (Å²) >= 11 is 6.38. The van der Waals surface area contributed by atoms with Crippen molar-refractivity contribution in [3.05, 3.63) is 40.8 Å². The number of rotatable bonds is 5. The van der Waals surface area contributed by atoms with Gasteiger partial charge >= 0.3 is 0 Å². The second-order valence-electron chi connectivity index (χ2n) is 6.08. The van der Waals surface area contributed by atoms with Crippen LogP contribution in [-0.4, -0.2) is 29.2 Å². The van der Waals surface area contributed by atoms with E-state index in [0.717, 1.165) is 30.7 Å². The molecule has 0 aliphatic carbocycles. The van der Waals surface area contributed by atoms with E-state index in [1.807, 2.05) is 13.0 Å². The molecule has 0 fully saturated rings. The maximum atomic E-state index is 6.38. The van der Waals surface area contributed by atoms with E-state index in [0.29, 0.717) is 16.9 Å². The molecule has 2 atom stereocenters. The van der Waals surface area contributed by atoms with Crippen molar-refractivity contribution in [3.63, 3.8) is 0 Å². The van der Waals surface area contributed by atoms with E-state index in [2.05, 4.69) is 39.7 Å². The molecule has 0 amide bonds. The SMILES string of the molecule is CCc1ncnc(NC(C)C2CCc3cc(OC)ccc3N2)c1Cl. The number of benzene rings is 1. The maximum Gasteiger partial charge on any atom is 0.148 e. The Kier molecular flexibility index (Phi) is 5.09. The van der Waals surface area contributed by atoms with Crippen LogP contribution in [0.25, 0.3) is 0 Å².